The van der Waals surface area contributed by atoms with Crippen LogP contribution in [0.15, 0.2) is 18.2 Å². The van der Waals surface area contributed by atoms with Crippen LogP contribution in [0.25, 0.3) is 0 Å². The average molecular weight is 202 g/mol. The average Bonchev–Trinajstić information content (AvgIpc) is 1.98. The predicted octanol–water partition coefficient (Wildman–Crippen LogP) is 4.14. The maximum absolute atomic E-state index is 5.91. The molecule has 0 N–H and O–H groups in total. The Balaban J connectivity index is 2.84. The third-order valence-corrected chi connectivity index (χ3v) is 2.36. The third-order valence-electron chi connectivity index (χ3n) is 2.36. The highest BCUT2D eigenvalue weighted by Gasteiger charge is 2.03. The molecule has 1 aromatic rings. The van der Waals surface area contributed by atoms with E-state index in [1.54, 1.807) is 0 Å². The summed E-state index contributed by atoms with van der Waals surface area (Å²) in [5, 5.41) is 0. The lowest BCUT2D eigenvalue weighted by molar-refractivity contribution is 0.636. The van der Waals surface area contributed by atoms with Crippen molar-refractivity contribution in [2.24, 2.45) is 11.8 Å². The Hall–Kier alpha value is -0.780. The van der Waals surface area contributed by atoms with Gasteiger partial charge in [0.25, 0.3) is 0 Å². The topological polar surface area (TPSA) is 0 Å². The molecule has 1 rings (SSSR count). The highest BCUT2D eigenvalue weighted by molar-refractivity contribution is 5.32. The summed E-state index contributed by atoms with van der Waals surface area (Å²) in [6.45, 7) is 14.9. The molecule has 0 spiro atoms. The van der Waals surface area contributed by atoms with Crippen LogP contribution in [-0.4, -0.2) is 0 Å². The van der Waals surface area contributed by atoms with Crippen LogP contribution in [0.3, 0.4) is 0 Å². The lowest BCUT2D eigenvalue weighted by Crippen LogP contribution is -1.99. The van der Waals surface area contributed by atoms with E-state index in [-0.39, 0.29) is 0 Å². The SMILES string of the molecule is [CH]c1cc(CC(C)C)cc(CC(C)C)c1. The van der Waals surface area contributed by atoms with Crippen LogP contribution in [0.2, 0.25) is 0 Å². The Morgan fingerprint density at radius 2 is 1.27 bits per heavy atom. The van der Waals surface area contributed by atoms with Crippen molar-refractivity contribution in [2.45, 2.75) is 40.5 Å². The first-order valence-electron chi connectivity index (χ1n) is 5.85. The first-order chi connectivity index (χ1) is 6.97. The second kappa shape index (κ2) is 5.34. The number of hydrogen-bond donors (Lipinski definition) is 0. The molecule has 0 unspecified atom stereocenters. The molecule has 0 saturated heterocycles. The van der Waals surface area contributed by atoms with E-state index in [1.165, 1.54) is 11.1 Å². The highest BCUT2D eigenvalue weighted by Crippen LogP contribution is 2.16. The summed E-state index contributed by atoms with van der Waals surface area (Å²) in [7, 11) is 0. The fraction of sp³-hybridized carbons (Fsp3) is 0.533. The van der Waals surface area contributed by atoms with E-state index >= 15 is 0 Å². The van der Waals surface area contributed by atoms with Gasteiger partial charge in [0.2, 0.25) is 0 Å². The zero-order valence-electron chi connectivity index (χ0n) is 10.4. The fourth-order valence-electron chi connectivity index (χ4n) is 1.97. The minimum atomic E-state index is 0.693. The highest BCUT2D eigenvalue weighted by atomic mass is 14.1. The Morgan fingerprint density at radius 3 is 1.60 bits per heavy atom. The molecule has 0 aliphatic carbocycles. The summed E-state index contributed by atoms with van der Waals surface area (Å²) in [6, 6.07) is 6.50. The summed E-state index contributed by atoms with van der Waals surface area (Å²) in [6.07, 6.45) is 2.24. The van der Waals surface area contributed by atoms with Gasteiger partial charge in [-0.1, -0.05) is 45.9 Å². The molecule has 0 aromatic heterocycles. The lowest BCUT2D eigenvalue weighted by atomic mass is 9.95. The molecule has 0 heteroatoms. The quantitative estimate of drug-likeness (QED) is 0.688. The van der Waals surface area contributed by atoms with Gasteiger partial charge in [0.15, 0.2) is 0 Å². The van der Waals surface area contributed by atoms with Gasteiger partial charge in [-0.3, -0.25) is 0 Å². The van der Waals surface area contributed by atoms with Gasteiger partial charge >= 0.3 is 0 Å². The molecule has 0 fully saturated rings. The van der Waals surface area contributed by atoms with Crippen molar-refractivity contribution in [2.75, 3.05) is 0 Å². The molecule has 0 saturated carbocycles. The molecule has 2 radical (unpaired) electrons. The van der Waals surface area contributed by atoms with Gasteiger partial charge in [0, 0.05) is 0 Å². The fourth-order valence-corrected chi connectivity index (χ4v) is 1.97. The smallest absolute Gasteiger partial charge is 0.00118 e. The van der Waals surface area contributed by atoms with Gasteiger partial charge < -0.3 is 0 Å². The zero-order valence-corrected chi connectivity index (χ0v) is 10.4. The second-order valence-corrected chi connectivity index (χ2v) is 5.28. The molecular weight excluding hydrogens is 180 g/mol. The van der Waals surface area contributed by atoms with Crippen LogP contribution < -0.4 is 0 Å². The summed E-state index contributed by atoms with van der Waals surface area (Å²) in [5.41, 5.74) is 3.66. The van der Waals surface area contributed by atoms with Crippen molar-refractivity contribution >= 4 is 0 Å². The molecule has 0 nitrogen and oxygen atoms in total. The summed E-state index contributed by atoms with van der Waals surface area (Å²) in [5.74, 6) is 1.39. The van der Waals surface area contributed by atoms with E-state index < -0.39 is 0 Å². The third kappa shape index (κ3) is 4.51. The monoisotopic (exact) mass is 202 g/mol. The summed E-state index contributed by atoms with van der Waals surface area (Å²) in [4.78, 5) is 0. The lowest BCUT2D eigenvalue weighted by Gasteiger charge is -2.11. The molecule has 0 aliphatic rings. The van der Waals surface area contributed by atoms with Gasteiger partial charge in [0.1, 0.15) is 0 Å². The van der Waals surface area contributed by atoms with Crippen LogP contribution in [0.4, 0.5) is 0 Å². The number of benzene rings is 1. The molecule has 0 amide bonds. The van der Waals surface area contributed by atoms with Gasteiger partial charge in [-0.25, -0.2) is 0 Å². The molecule has 15 heavy (non-hydrogen) atoms. The number of hydrogen-bond acceptors (Lipinski definition) is 0. The van der Waals surface area contributed by atoms with Crippen molar-refractivity contribution in [3.05, 3.63) is 41.8 Å². The van der Waals surface area contributed by atoms with Gasteiger partial charge in [-0.05, 0) is 48.3 Å². The van der Waals surface area contributed by atoms with E-state index in [1.807, 2.05) is 0 Å². The minimum Gasteiger partial charge on any atom is -0.0625 e. The summed E-state index contributed by atoms with van der Waals surface area (Å²) < 4.78 is 0. The largest absolute Gasteiger partial charge is 0.0625 e. The van der Waals surface area contributed by atoms with Gasteiger partial charge in [0.05, 0.1) is 0 Å². The van der Waals surface area contributed by atoms with E-state index in [2.05, 4.69) is 45.9 Å². The van der Waals surface area contributed by atoms with E-state index in [0.29, 0.717) is 11.8 Å². The van der Waals surface area contributed by atoms with Crippen LogP contribution in [0.1, 0.15) is 44.4 Å². The van der Waals surface area contributed by atoms with Gasteiger partial charge in [-0.15, -0.1) is 0 Å². The first-order valence-corrected chi connectivity index (χ1v) is 5.85. The predicted molar refractivity (Wildman–Crippen MR) is 66.9 cm³/mol. The Bertz CT molecular complexity index is 280. The van der Waals surface area contributed by atoms with Crippen molar-refractivity contribution in [1.29, 1.82) is 0 Å². The Kier molecular flexibility index (Phi) is 4.38. The maximum atomic E-state index is 5.91. The number of rotatable bonds is 4. The molecule has 1 aromatic carbocycles. The summed E-state index contributed by atoms with van der Waals surface area (Å²) >= 11 is 0. The maximum Gasteiger partial charge on any atom is -0.00118 e. The van der Waals surface area contributed by atoms with Crippen molar-refractivity contribution in [3.63, 3.8) is 0 Å². The van der Waals surface area contributed by atoms with E-state index in [0.717, 1.165) is 18.4 Å². The Labute approximate surface area is 94.7 Å². The van der Waals surface area contributed by atoms with Crippen LogP contribution in [0.5, 0.6) is 0 Å². The Morgan fingerprint density at radius 1 is 0.867 bits per heavy atom. The van der Waals surface area contributed by atoms with Crippen LogP contribution >= 0.6 is 0 Å². The van der Waals surface area contributed by atoms with Crippen molar-refractivity contribution in [3.8, 4) is 0 Å². The standard InChI is InChI=1S/C15H22/c1-11(2)6-14-8-13(5)9-15(10-14)7-12(3)4/h5,8-12H,6-7H2,1-4H3. The first kappa shape index (κ1) is 12.3. The zero-order chi connectivity index (χ0) is 11.4. The van der Waals surface area contributed by atoms with E-state index in [9.17, 15) is 0 Å². The van der Waals surface area contributed by atoms with Crippen LogP contribution in [-0.2, 0) is 12.8 Å². The molecule has 0 bridgehead atoms. The molecule has 0 heterocycles. The molecule has 0 atom stereocenters. The minimum absolute atomic E-state index is 0.693. The molecule has 0 aliphatic heterocycles. The molecule has 82 valence electrons. The second-order valence-electron chi connectivity index (χ2n) is 5.28. The molecular formula is C15H22. The normalized spacial score (nSPS) is 11.4. The van der Waals surface area contributed by atoms with Gasteiger partial charge in [-0.2, -0.15) is 0 Å². The van der Waals surface area contributed by atoms with Crippen molar-refractivity contribution in [1.82, 2.24) is 0 Å². The van der Waals surface area contributed by atoms with E-state index in [4.69, 9.17) is 6.92 Å². The van der Waals surface area contributed by atoms with Crippen molar-refractivity contribution < 1.29 is 0 Å². The van der Waals surface area contributed by atoms with Crippen LogP contribution in [0, 0.1) is 18.8 Å².